The highest BCUT2D eigenvalue weighted by Crippen LogP contribution is 2.59. The fraction of sp³-hybridized carbons (Fsp3) is 0.273. The molecule has 1 fully saturated rings. The third-order valence-electron chi connectivity index (χ3n) is 14.3. The second-order valence-corrected chi connectivity index (χ2v) is 31.2. The Morgan fingerprint density at radius 3 is 1.48 bits per heavy atom. The van der Waals surface area contributed by atoms with Gasteiger partial charge in [0.15, 0.2) is 11.3 Å². The van der Waals surface area contributed by atoms with Crippen molar-refractivity contribution in [2.75, 3.05) is 0 Å². The van der Waals surface area contributed by atoms with Crippen molar-refractivity contribution in [2.24, 2.45) is 14.1 Å². The third-order valence-corrected chi connectivity index (χ3v) is 21.6. The number of fused-ring (bicyclic) bond motifs is 2. The maximum atomic E-state index is 13.4. The molecule has 16 heteroatoms. The number of halogens is 1. The summed E-state index contributed by atoms with van der Waals surface area (Å²) in [7, 11) is -4.13. The zero-order valence-corrected chi connectivity index (χ0v) is 52.2. The number of hydrogen-bond acceptors (Lipinski definition) is 8. The molecule has 12 rings (SSSR count). The molecule has 424 valence electrons. The van der Waals surface area contributed by atoms with Gasteiger partial charge in [0.25, 0.3) is 20.0 Å². The van der Waals surface area contributed by atoms with Crippen LogP contribution in [-0.2, 0) is 40.6 Å². The van der Waals surface area contributed by atoms with E-state index in [1.165, 1.54) is 67.6 Å². The molecule has 10 aromatic rings. The Hall–Kier alpha value is -7.03. The van der Waals surface area contributed by atoms with Crippen molar-refractivity contribution in [1.82, 2.24) is 37.5 Å². The Balaban J connectivity index is 0.000000143. The highest BCUT2D eigenvalue weighted by atomic mass is 79.9. The summed E-state index contributed by atoms with van der Waals surface area (Å²) in [6.45, 7) is 18.1. The molecule has 2 aliphatic rings. The molecule has 6 heterocycles. The molecule has 4 aromatic carbocycles. The van der Waals surface area contributed by atoms with Gasteiger partial charge in [0.2, 0.25) is 0 Å². The highest BCUT2D eigenvalue weighted by molar-refractivity contribution is 9.10. The molecule has 0 amide bonds. The predicted octanol–water partition coefficient (Wildman–Crippen LogP) is 15.9. The molecule has 0 aliphatic heterocycles. The van der Waals surface area contributed by atoms with Gasteiger partial charge in [0, 0.05) is 88.8 Å². The van der Waals surface area contributed by atoms with Gasteiger partial charge in [-0.3, -0.25) is 9.36 Å². The predicted molar refractivity (Wildman–Crippen MR) is 341 cm³/mol. The normalized spacial score (nSPS) is 13.8. The summed E-state index contributed by atoms with van der Waals surface area (Å²) in [5, 5.41) is 12.1. The van der Waals surface area contributed by atoms with Crippen LogP contribution in [0.3, 0.4) is 0 Å². The van der Waals surface area contributed by atoms with Crippen molar-refractivity contribution < 1.29 is 16.8 Å². The van der Waals surface area contributed by atoms with Gasteiger partial charge in [-0.05, 0) is 136 Å². The highest BCUT2D eigenvalue weighted by Gasteiger charge is 2.37. The van der Waals surface area contributed by atoms with Crippen LogP contribution in [0, 0.1) is 0 Å². The number of allylic oxidation sites excluding steroid dienone is 3. The average molecular weight is 1220 g/mol. The smallest absolute Gasteiger partial charge is 0.269 e. The zero-order chi connectivity index (χ0) is 58.4. The zero-order valence-electron chi connectivity index (χ0n) is 48.0. The van der Waals surface area contributed by atoms with Crippen LogP contribution in [0.4, 0.5) is 0 Å². The first-order valence-electron chi connectivity index (χ1n) is 27.6. The second kappa shape index (κ2) is 25.2. The Kier molecular flexibility index (Phi) is 18.3. The lowest BCUT2D eigenvalue weighted by atomic mass is 10.0. The van der Waals surface area contributed by atoms with Crippen LogP contribution in [-0.4, -0.2) is 64.6 Å². The lowest BCUT2D eigenvalue weighted by molar-refractivity contribution is 0.587. The van der Waals surface area contributed by atoms with Crippen LogP contribution in [0.2, 0.25) is 0 Å². The van der Waals surface area contributed by atoms with Crippen LogP contribution in [0.5, 0.6) is 0 Å². The second-order valence-electron chi connectivity index (χ2n) is 22.8. The molecule has 2 aliphatic carbocycles. The summed E-state index contributed by atoms with van der Waals surface area (Å²) in [6.07, 6.45) is 25.8. The minimum atomic E-state index is -3.77. The van der Waals surface area contributed by atoms with Crippen molar-refractivity contribution in [3.05, 3.63) is 211 Å². The van der Waals surface area contributed by atoms with E-state index in [1.54, 1.807) is 107 Å². The van der Waals surface area contributed by atoms with E-state index in [9.17, 15) is 16.8 Å². The Morgan fingerprint density at radius 1 is 0.549 bits per heavy atom. The van der Waals surface area contributed by atoms with E-state index in [2.05, 4.69) is 151 Å². The lowest BCUT2D eigenvalue weighted by Crippen LogP contribution is -2.31. The topological polar surface area (TPSA) is 140 Å². The molecule has 1 saturated carbocycles. The first kappa shape index (κ1) is 59.6. The summed E-state index contributed by atoms with van der Waals surface area (Å²) in [5.74, 6) is 0. The van der Waals surface area contributed by atoms with Crippen molar-refractivity contribution >= 4 is 71.3 Å². The average Bonchev–Trinajstić information content (AvgIpc) is 4.11. The van der Waals surface area contributed by atoms with E-state index in [-0.39, 0.29) is 17.7 Å². The molecule has 0 radical (unpaired) electrons. The molecule has 0 bridgehead atoms. The Labute approximate surface area is 493 Å². The van der Waals surface area contributed by atoms with Gasteiger partial charge in [-0.2, -0.15) is 10.2 Å². The van der Waals surface area contributed by atoms with Crippen molar-refractivity contribution in [1.29, 1.82) is 0 Å². The van der Waals surface area contributed by atoms with E-state index in [0.29, 0.717) is 21.6 Å². The minimum Gasteiger partial charge on any atom is -0.275 e. The van der Waals surface area contributed by atoms with E-state index in [1.807, 2.05) is 32.6 Å². The van der Waals surface area contributed by atoms with E-state index < -0.39 is 20.0 Å². The van der Waals surface area contributed by atoms with E-state index in [4.69, 9.17) is 0 Å². The van der Waals surface area contributed by atoms with E-state index >= 15 is 0 Å². The van der Waals surface area contributed by atoms with Gasteiger partial charge in [0.05, 0.1) is 22.2 Å². The first-order chi connectivity index (χ1) is 39.1. The third kappa shape index (κ3) is 13.7. The molecule has 0 spiro atoms. The van der Waals surface area contributed by atoms with Crippen LogP contribution < -0.4 is 5.30 Å². The van der Waals surface area contributed by atoms with Crippen LogP contribution in [0.1, 0.15) is 92.1 Å². The quantitative estimate of drug-likeness (QED) is 0.0974. The maximum absolute atomic E-state index is 13.4. The molecule has 0 saturated heterocycles. The number of aryl methyl sites for hydroxylation is 2. The Morgan fingerprint density at radius 2 is 1.02 bits per heavy atom. The molecule has 12 nitrogen and oxygen atoms in total. The molecule has 82 heavy (non-hydrogen) atoms. The van der Waals surface area contributed by atoms with Gasteiger partial charge in [0.1, 0.15) is 0 Å². The Bertz CT molecular complexity index is 4100. The molecule has 0 unspecified atom stereocenters. The minimum absolute atomic E-state index is 0.217. The SMILES string of the molecule is C=C1CCCC1.CC(C)(C)P(c1ccccc1-c1ccccc1)C(C)(C)C.Cn1cc(-c2cn(S(=O)(=O)c3ccccc3)c3ncc(Br)cc23)cn1.Cn1cc(-c2cn(S(=O)(=O)c3ccccc3)c3ncc(CC4=CCCC4)cc23)cn1. The summed E-state index contributed by atoms with van der Waals surface area (Å²) < 4.78 is 59.5. The number of aromatic nitrogens is 8. The summed E-state index contributed by atoms with van der Waals surface area (Å²) >= 11 is 3.41. The maximum Gasteiger partial charge on any atom is 0.269 e. The van der Waals surface area contributed by atoms with E-state index in [0.717, 1.165) is 62.3 Å². The monoisotopic (exact) mass is 1210 g/mol. The number of hydrogen-bond donors (Lipinski definition) is 0. The molecular formula is C66H72BrN8O4PS2. The van der Waals surface area contributed by atoms with Gasteiger partial charge < -0.3 is 0 Å². The summed E-state index contributed by atoms with van der Waals surface area (Å²) in [6, 6.07) is 40.5. The van der Waals surface area contributed by atoms with Crippen molar-refractivity contribution in [3.8, 4) is 33.4 Å². The molecule has 0 N–H and O–H groups in total. The molecule has 0 atom stereocenters. The number of benzene rings is 4. The van der Waals surface area contributed by atoms with Gasteiger partial charge in [-0.15, -0.1) is 0 Å². The number of nitrogens with zero attached hydrogens (tertiary/aromatic N) is 8. The molecule has 6 aromatic heterocycles. The standard InChI is InChI=1S/C23H22N4O2S.C20H27P.C17H13BrN4O2S.C6H10/c1-26-15-19(14-25-26)22-16-27(30(28,29)20-9-3-2-4-10-20)23-21(22)12-18(13-24-23)11-17-7-5-6-8-17;1-19(2,3)21(20(4,5)6)18-15-11-10-14-17(18)16-12-8-7-9-13-16;1-21-10-12(8-20-21)16-11-22(17-15(16)7-13(18)9-19-17)25(23,24)14-5-3-2-4-6-14;1-6-4-2-3-5-6/h2-4,7,9-10,12-16H,5-6,8,11H2,1H3;7-15H,1-6H3;2-11H,1H3;1-5H2. The largest absolute Gasteiger partial charge is 0.275 e. The van der Waals surface area contributed by atoms with Gasteiger partial charge >= 0.3 is 0 Å². The van der Waals surface area contributed by atoms with Crippen LogP contribution in [0.25, 0.3) is 55.4 Å². The number of pyridine rings is 2. The van der Waals surface area contributed by atoms with Crippen LogP contribution >= 0.6 is 23.9 Å². The summed E-state index contributed by atoms with van der Waals surface area (Å²) in [4.78, 5) is 9.39. The van der Waals surface area contributed by atoms with Gasteiger partial charge in [-0.25, -0.2) is 34.7 Å². The summed E-state index contributed by atoms with van der Waals surface area (Å²) in [5.41, 5.74) is 10.8. The number of rotatable bonds is 10. The fourth-order valence-corrected chi connectivity index (χ4v) is 18.1. The van der Waals surface area contributed by atoms with Gasteiger partial charge in [-0.1, -0.05) is 164 Å². The lowest BCUT2D eigenvalue weighted by Gasteiger charge is -2.42. The molecular weight excluding hydrogens is 1140 g/mol. The fourth-order valence-electron chi connectivity index (χ4n) is 10.9. The van der Waals surface area contributed by atoms with Crippen LogP contribution in [0.15, 0.2) is 215 Å². The van der Waals surface area contributed by atoms with Crippen molar-refractivity contribution in [3.63, 3.8) is 0 Å². The van der Waals surface area contributed by atoms with Crippen molar-refractivity contribution in [2.45, 2.75) is 113 Å². The first-order valence-corrected chi connectivity index (χ1v) is 32.7.